The van der Waals surface area contributed by atoms with E-state index in [1.54, 1.807) is 6.92 Å². The van der Waals surface area contributed by atoms with Crippen molar-refractivity contribution < 1.29 is 29.3 Å². The number of rotatable bonds is 4. The highest BCUT2D eigenvalue weighted by Gasteiger charge is 2.36. The Morgan fingerprint density at radius 3 is 2.73 bits per heavy atom. The Morgan fingerprint density at radius 2 is 2.09 bits per heavy atom. The molecule has 7 nitrogen and oxygen atoms in total. The number of amides is 2. The lowest BCUT2D eigenvalue weighted by Crippen LogP contribution is -2.34. The van der Waals surface area contributed by atoms with Gasteiger partial charge in [0.15, 0.2) is 0 Å². The van der Waals surface area contributed by atoms with Gasteiger partial charge in [0.1, 0.15) is 18.0 Å². The summed E-state index contributed by atoms with van der Waals surface area (Å²) < 4.78 is 4.70. The number of phenolic OH excluding ortho intramolecular Hbond substituents is 2. The maximum absolute atomic E-state index is 12.1. The first kappa shape index (κ1) is 15.9. The van der Waals surface area contributed by atoms with Crippen LogP contribution in [0.15, 0.2) is 23.1 Å². The largest absolute Gasteiger partial charge is 0.508 e. The smallest absolute Gasteiger partial charge is 0.326 e. The first-order valence-corrected chi connectivity index (χ1v) is 7.17. The number of hydrogen-bond donors (Lipinski definition) is 2. The number of esters is 1. The number of carbonyl (C=O) groups excluding carboxylic acids is 3. The summed E-state index contributed by atoms with van der Waals surface area (Å²) in [7, 11) is 0. The van der Waals surface area contributed by atoms with E-state index in [4.69, 9.17) is 4.74 Å². The van der Waals surface area contributed by atoms with Gasteiger partial charge in [-0.15, -0.1) is 0 Å². The lowest BCUT2D eigenvalue weighted by atomic mass is 10.1. The quantitative estimate of drug-likeness (QED) is 0.642. The highest BCUT2D eigenvalue weighted by molar-refractivity contribution is 8.18. The van der Waals surface area contributed by atoms with Crippen LogP contribution in [-0.2, 0) is 14.3 Å². The van der Waals surface area contributed by atoms with E-state index in [-0.39, 0.29) is 28.6 Å². The minimum atomic E-state index is -0.668. The Morgan fingerprint density at radius 1 is 1.36 bits per heavy atom. The zero-order chi connectivity index (χ0) is 16.3. The summed E-state index contributed by atoms with van der Waals surface area (Å²) in [6, 6.07) is 3.87. The van der Waals surface area contributed by atoms with Crippen LogP contribution in [0.2, 0.25) is 0 Å². The van der Waals surface area contributed by atoms with E-state index in [0.717, 1.165) is 11.0 Å². The highest BCUT2D eigenvalue weighted by atomic mass is 32.2. The van der Waals surface area contributed by atoms with Crippen molar-refractivity contribution in [2.24, 2.45) is 0 Å². The maximum Gasteiger partial charge on any atom is 0.326 e. The zero-order valence-electron chi connectivity index (χ0n) is 11.6. The van der Waals surface area contributed by atoms with Crippen molar-refractivity contribution in [1.82, 2.24) is 4.90 Å². The van der Waals surface area contributed by atoms with Crippen LogP contribution in [-0.4, -0.2) is 45.4 Å². The van der Waals surface area contributed by atoms with Crippen molar-refractivity contribution in [3.05, 3.63) is 28.7 Å². The first-order valence-electron chi connectivity index (χ1n) is 6.35. The molecule has 0 radical (unpaired) electrons. The highest BCUT2D eigenvalue weighted by Crippen LogP contribution is 2.34. The molecule has 0 atom stereocenters. The second-order valence-corrected chi connectivity index (χ2v) is 5.31. The van der Waals surface area contributed by atoms with E-state index < -0.39 is 23.7 Å². The molecule has 1 aromatic rings. The van der Waals surface area contributed by atoms with Gasteiger partial charge < -0.3 is 14.9 Å². The fourth-order valence-corrected chi connectivity index (χ4v) is 2.60. The second-order valence-electron chi connectivity index (χ2n) is 4.32. The lowest BCUT2D eigenvalue weighted by molar-refractivity contribution is -0.145. The fraction of sp³-hybridized carbons (Fsp3) is 0.214. The molecule has 0 bridgehead atoms. The molecule has 2 amide bonds. The van der Waals surface area contributed by atoms with Crippen LogP contribution in [0.3, 0.4) is 0 Å². The summed E-state index contributed by atoms with van der Waals surface area (Å²) in [5.41, 5.74) is 0.277. The molecule has 116 valence electrons. The van der Waals surface area contributed by atoms with Gasteiger partial charge in [0.2, 0.25) is 0 Å². The summed E-state index contributed by atoms with van der Waals surface area (Å²) >= 11 is 0.667. The predicted octanol–water partition coefficient (Wildman–Crippen LogP) is 1.70. The topological polar surface area (TPSA) is 104 Å². The van der Waals surface area contributed by atoms with E-state index >= 15 is 0 Å². The van der Waals surface area contributed by atoms with Crippen molar-refractivity contribution in [3.63, 3.8) is 0 Å². The summed E-state index contributed by atoms with van der Waals surface area (Å²) in [4.78, 5) is 36.1. The summed E-state index contributed by atoms with van der Waals surface area (Å²) in [5.74, 6) is -1.64. The number of hydrogen-bond acceptors (Lipinski definition) is 7. The van der Waals surface area contributed by atoms with Gasteiger partial charge in [-0.2, -0.15) is 0 Å². The van der Waals surface area contributed by atoms with Crippen molar-refractivity contribution in [3.8, 4) is 11.5 Å². The Balaban J connectivity index is 2.20. The van der Waals surface area contributed by atoms with Gasteiger partial charge in [-0.25, -0.2) is 0 Å². The molecule has 0 aromatic heterocycles. The van der Waals surface area contributed by atoms with Gasteiger partial charge in [0, 0.05) is 11.6 Å². The molecular weight excluding hydrogens is 310 g/mol. The van der Waals surface area contributed by atoms with Gasteiger partial charge in [-0.1, -0.05) is 0 Å². The summed E-state index contributed by atoms with van der Waals surface area (Å²) in [6.45, 7) is 1.34. The fourth-order valence-electron chi connectivity index (χ4n) is 1.77. The molecule has 1 saturated heterocycles. The van der Waals surface area contributed by atoms with Gasteiger partial charge >= 0.3 is 5.97 Å². The molecule has 2 N–H and O–H groups in total. The molecule has 1 aromatic carbocycles. The summed E-state index contributed by atoms with van der Waals surface area (Å²) in [5, 5.41) is 18.3. The zero-order valence-corrected chi connectivity index (χ0v) is 12.4. The lowest BCUT2D eigenvalue weighted by Gasteiger charge is -2.10. The number of imide groups is 1. The van der Waals surface area contributed by atoms with Crippen molar-refractivity contribution in [2.45, 2.75) is 6.92 Å². The van der Waals surface area contributed by atoms with Gasteiger partial charge in [-0.3, -0.25) is 19.3 Å². The molecule has 2 rings (SSSR count). The standard InChI is InChI=1S/C14H13NO6S/c1-2-21-12(18)7-15-13(19)11(22-14(15)20)5-8-3-4-9(16)6-10(8)17/h3-6,16-17H,2,7H2,1H3/b11-5-. The SMILES string of the molecule is CCOC(=O)CN1C(=O)S/C(=C\c2ccc(O)cc2O)C1=O. The van der Waals surface area contributed by atoms with Crippen LogP contribution in [0, 0.1) is 0 Å². The number of ether oxygens (including phenoxy) is 1. The Labute approximate surface area is 130 Å². The molecule has 1 fully saturated rings. The number of nitrogens with zero attached hydrogens (tertiary/aromatic N) is 1. The van der Waals surface area contributed by atoms with E-state index in [1.165, 1.54) is 18.2 Å². The molecule has 1 aliphatic heterocycles. The third-order valence-corrected chi connectivity index (χ3v) is 3.67. The second kappa shape index (κ2) is 6.52. The van der Waals surface area contributed by atoms with E-state index in [9.17, 15) is 24.6 Å². The van der Waals surface area contributed by atoms with Crippen molar-refractivity contribution in [2.75, 3.05) is 13.2 Å². The normalized spacial score (nSPS) is 16.4. The third-order valence-electron chi connectivity index (χ3n) is 2.77. The molecule has 8 heteroatoms. The molecule has 1 heterocycles. The molecule has 0 saturated carbocycles. The average Bonchev–Trinajstić information content (AvgIpc) is 2.70. The van der Waals surface area contributed by atoms with Crippen LogP contribution in [0.1, 0.15) is 12.5 Å². The Kier molecular flexibility index (Phi) is 4.71. The monoisotopic (exact) mass is 323 g/mol. The van der Waals surface area contributed by atoms with Crippen molar-refractivity contribution in [1.29, 1.82) is 0 Å². The minimum absolute atomic E-state index is 0.0790. The average molecular weight is 323 g/mol. The van der Waals surface area contributed by atoms with Crippen LogP contribution in [0.5, 0.6) is 11.5 Å². The molecule has 0 spiro atoms. The van der Waals surface area contributed by atoms with Crippen LogP contribution in [0.25, 0.3) is 6.08 Å². The number of aromatic hydroxyl groups is 2. The number of phenols is 2. The summed E-state index contributed by atoms with van der Waals surface area (Å²) in [6.07, 6.45) is 1.32. The maximum atomic E-state index is 12.1. The van der Waals surface area contributed by atoms with Gasteiger partial charge in [0.05, 0.1) is 11.5 Å². The molecule has 22 heavy (non-hydrogen) atoms. The van der Waals surface area contributed by atoms with Crippen LogP contribution < -0.4 is 0 Å². The van der Waals surface area contributed by atoms with Crippen molar-refractivity contribution >= 4 is 35.0 Å². The number of carbonyl (C=O) groups is 3. The Hall–Kier alpha value is -2.48. The Bertz CT molecular complexity index is 669. The van der Waals surface area contributed by atoms with E-state index in [0.29, 0.717) is 11.8 Å². The van der Waals surface area contributed by atoms with E-state index in [1.807, 2.05) is 0 Å². The van der Waals surface area contributed by atoms with E-state index in [2.05, 4.69) is 0 Å². The molecular formula is C14H13NO6S. The molecule has 0 aliphatic carbocycles. The van der Waals surface area contributed by atoms with Crippen LogP contribution in [0.4, 0.5) is 4.79 Å². The number of benzene rings is 1. The molecule has 1 aliphatic rings. The number of thioether (sulfide) groups is 1. The molecule has 0 unspecified atom stereocenters. The van der Waals surface area contributed by atoms with Gasteiger partial charge in [-0.05, 0) is 36.9 Å². The van der Waals surface area contributed by atoms with Gasteiger partial charge in [0.25, 0.3) is 11.1 Å². The first-order chi connectivity index (χ1) is 10.4. The minimum Gasteiger partial charge on any atom is -0.508 e. The third kappa shape index (κ3) is 3.40. The van der Waals surface area contributed by atoms with Crippen LogP contribution >= 0.6 is 11.8 Å². The predicted molar refractivity (Wildman–Crippen MR) is 79.1 cm³/mol.